The highest BCUT2D eigenvalue weighted by Crippen LogP contribution is 2.19. The first-order valence-corrected chi connectivity index (χ1v) is 4.15. The molecule has 1 aromatic rings. The molecule has 2 N–H and O–H groups in total. The van der Waals surface area contributed by atoms with Crippen molar-refractivity contribution >= 4 is 11.8 Å². The van der Waals surface area contributed by atoms with Gasteiger partial charge in [0.05, 0.1) is 5.56 Å². The van der Waals surface area contributed by atoms with Crippen molar-refractivity contribution in [3.63, 3.8) is 0 Å². The van der Waals surface area contributed by atoms with Crippen molar-refractivity contribution in [3.05, 3.63) is 29.3 Å². The van der Waals surface area contributed by atoms with E-state index in [0.717, 1.165) is 5.56 Å². The maximum atomic E-state index is 11.1. The van der Waals surface area contributed by atoms with E-state index in [1.807, 2.05) is 6.92 Å². The number of aliphatic carboxylic acids is 1. The van der Waals surface area contributed by atoms with E-state index in [-0.39, 0.29) is 11.3 Å². The van der Waals surface area contributed by atoms with Crippen molar-refractivity contribution in [1.29, 1.82) is 0 Å². The lowest BCUT2D eigenvalue weighted by molar-refractivity contribution is -0.131. The fraction of sp³-hybridized carbons (Fsp3) is 0.200. The van der Waals surface area contributed by atoms with Crippen LogP contribution in [0.25, 0.3) is 0 Å². The summed E-state index contributed by atoms with van der Waals surface area (Å²) in [4.78, 5) is 21.5. The summed E-state index contributed by atoms with van der Waals surface area (Å²) in [5.74, 6) is -2.94. The van der Waals surface area contributed by atoms with Crippen LogP contribution in [-0.4, -0.2) is 22.0 Å². The van der Waals surface area contributed by atoms with Gasteiger partial charge in [0.25, 0.3) is 5.78 Å². The van der Waals surface area contributed by atoms with E-state index in [1.165, 1.54) is 12.1 Å². The second kappa shape index (κ2) is 3.91. The standard InChI is InChI=1S/C10H10O4/c1-2-6-3-4-8(11)7(5-6)9(12)10(13)14/h3-5,11H,2H2,1H3,(H,13,14). The van der Waals surface area contributed by atoms with Gasteiger partial charge in [0, 0.05) is 0 Å². The molecular formula is C10H10O4. The lowest BCUT2D eigenvalue weighted by Crippen LogP contribution is -2.13. The third-order valence-corrected chi connectivity index (χ3v) is 1.91. The van der Waals surface area contributed by atoms with E-state index in [4.69, 9.17) is 5.11 Å². The molecule has 0 atom stereocenters. The number of carbonyl (C=O) groups excluding carboxylic acids is 1. The first kappa shape index (κ1) is 10.2. The van der Waals surface area contributed by atoms with Crippen LogP contribution < -0.4 is 0 Å². The highest BCUT2D eigenvalue weighted by atomic mass is 16.4. The van der Waals surface area contributed by atoms with E-state index in [0.29, 0.717) is 6.42 Å². The molecule has 0 saturated heterocycles. The van der Waals surface area contributed by atoms with Crippen molar-refractivity contribution in [2.75, 3.05) is 0 Å². The zero-order valence-electron chi connectivity index (χ0n) is 7.65. The number of rotatable bonds is 3. The summed E-state index contributed by atoms with van der Waals surface area (Å²) in [7, 11) is 0. The SMILES string of the molecule is CCc1ccc(O)c(C(=O)C(=O)O)c1. The number of hydrogen-bond donors (Lipinski definition) is 2. The molecule has 4 nitrogen and oxygen atoms in total. The number of ketones is 1. The Labute approximate surface area is 80.8 Å². The lowest BCUT2D eigenvalue weighted by Gasteiger charge is -2.02. The number of aryl methyl sites for hydroxylation is 1. The van der Waals surface area contributed by atoms with Crippen LogP contribution in [0.5, 0.6) is 5.75 Å². The van der Waals surface area contributed by atoms with Crippen molar-refractivity contribution in [2.24, 2.45) is 0 Å². The first-order valence-electron chi connectivity index (χ1n) is 4.15. The summed E-state index contributed by atoms with van der Waals surface area (Å²) in [5, 5.41) is 17.7. The Hall–Kier alpha value is -1.84. The summed E-state index contributed by atoms with van der Waals surface area (Å²) in [5.41, 5.74) is 0.657. The smallest absolute Gasteiger partial charge is 0.377 e. The van der Waals surface area contributed by atoms with Gasteiger partial charge < -0.3 is 10.2 Å². The number of hydrogen-bond acceptors (Lipinski definition) is 3. The van der Waals surface area contributed by atoms with Crippen LogP contribution in [0.3, 0.4) is 0 Å². The van der Waals surface area contributed by atoms with Gasteiger partial charge in [-0.05, 0) is 24.1 Å². The summed E-state index contributed by atoms with van der Waals surface area (Å²) < 4.78 is 0. The van der Waals surface area contributed by atoms with Crippen molar-refractivity contribution < 1.29 is 19.8 Å². The molecule has 0 heterocycles. The zero-order chi connectivity index (χ0) is 10.7. The highest BCUT2D eigenvalue weighted by molar-refractivity contribution is 6.40. The van der Waals surface area contributed by atoms with Gasteiger partial charge in [0.2, 0.25) is 0 Å². The van der Waals surface area contributed by atoms with Crippen LogP contribution >= 0.6 is 0 Å². The number of carboxylic acid groups (broad SMARTS) is 1. The minimum Gasteiger partial charge on any atom is -0.507 e. The monoisotopic (exact) mass is 194 g/mol. The van der Waals surface area contributed by atoms with Crippen LogP contribution in [-0.2, 0) is 11.2 Å². The minimum absolute atomic E-state index is 0.156. The molecule has 0 spiro atoms. The maximum absolute atomic E-state index is 11.1. The van der Waals surface area contributed by atoms with Gasteiger partial charge >= 0.3 is 5.97 Å². The fourth-order valence-electron chi connectivity index (χ4n) is 1.10. The normalized spacial score (nSPS) is 9.79. The predicted molar refractivity (Wildman–Crippen MR) is 49.5 cm³/mol. The second-order valence-corrected chi connectivity index (χ2v) is 2.84. The number of Topliss-reactive ketones (excluding diaryl/α,β-unsaturated/α-hetero) is 1. The number of carboxylic acids is 1. The molecule has 4 heteroatoms. The summed E-state index contributed by atoms with van der Waals surface area (Å²) in [6.45, 7) is 1.88. The largest absolute Gasteiger partial charge is 0.507 e. The summed E-state index contributed by atoms with van der Waals surface area (Å²) in [6, 6.07) is 4.37. The van der Waals surface area contributed by atoms with Crippen LogP contribution in [0.15, 0.2) is 18.2 Å². The van der Waals surface area contributed by atoms with E-state index < -0.39 is 11.8 Å². The quantitative estimate of drug-likeness (QED) is 0.560. The summed E-state index contributed by atoms with van der Waals surface area (Å²) in [6.07, 6.45) is 0.681. The van der Waals surface area contributed by atoms with Gasteiger partial charge in [-0.2, -0.15) is 0 Å². The van der Waals surface area contributed by atoms with Crippen molar-refractivity contribution in [2.45, 2.75) is 13.3 Å². The van der Waals surface area contributed by atoms with Crippen LogP contribution in [0.4, 0.5) is 0 Å². The molecule has 74 valence electrons. The topological polar surface area (TPSA) is 74.6 Å². The molecule has 0 aliphatic carbocycles. The second-order valence-electron chi connectivity index (χ2n) is 2.84. The average molecular weight is 194 g/mol. The van der Waals surface area contributed by atoms with Gasteiger partial charge in [-0.15, -0.1) is 0 Å². The maximum Gasteiger partial charge on any atom is 0.377 e. The number of carbonyl (C=O) groups is 2. The number of benzene rings is 1. The predicted octanol–water partition coefficient (Wildman–Crippen LogP) is 1.22. The molecule has 0 radical (unpaired) electrons. The van der Waals surface area contributed by atoms with Crippen LogP contribution in [0.1, 0.15) is 22.8 Å². The van der Waals surface area contributed by atoms with E-state index in [9.17, 15) is 14.7 Å². The fourth-order valence-corrected chi connectivity index (χ4v) is 1.10. The van der Waals surface area contributed by atoms with Gasteiger partial charge in [-0.3, -0.25) is 4.79 Å². The zero-order valence-corrected chi connectivity index (χ0v) is 7.65. The van der Waals surface area contributed by atoms with Crippen LogP contribution in [0.2, 0.25) is 0 Å². The Balaban J connectivity index is 3.19. The average Bonchev–Trinajstić information content (AvgIpc) is 2.17. The van der Waals surface area contributed by atoms with Crippen LogP contribution in [0, 0.1) is 0 Å². The van der Waals surface area contributed by atoms with E-state index in [2.05, 4.69) is 0 Å². The number of phenols is 1. The Morgan fingerprint density at radius 1 is 1.36 bits per heavy atom. The Morgan fingerprint density at radius 2 is 2.00 bits per heavy atom. The molecule has 1 aromatic carbocycles. The number of phenolic OH excluding ortho intramolecular Hbond substituents is 1. The third-order valence-electron chi connectivity index (χ3n) is 1.91. The lowest BCUT2D eigenvalue weighted by atomic mass is 10.0. The minimum atomic E-state index is -1.56. The molecular weight excluding hydrogens is 184 g/mol. The molecule has 0 saturated carbocycles. The Kier molecular flexibility index (Phi) is 2.86. The molecule has 0 amide bonds. The molecule has 1 rings (SSSR count). The van der Waals surface area contributed by atoms with Gasteiger partial charge in [-0.1, -0.05) is 13.0 Å². The third kappa shape index (κ3) is 1.90. The Bertz CT molecular complexity index is 382. The molecule has 0 aliphatic heterocycles. The van der Waals surface area contributed by atoms with Crippen molar-refractivity contribution in [3.8, 4) is 5.75 Å². The molecule has 0 unspecified atom stereocenters. The van der Waals surface area contributed by atoms with E-state index >= 15 is 0 Å². The Morgan fingerprint density at radius 3 is 2.50 bits per heavy atom. The molecule has 14 heavy (non-hydrogen) atoms. The molecule has 0 fully saturated rings. The molecule has 0 aliphatic rings. The van der Waals surface area contributed by atoms with E-state index in [1.54, 1.807) is 6.07 Å². The van der Waals surface area contributed by atoms with Gasteiger partial charge in [-0.25, -0.2) is 4.79 Å². The van der Waals surface area contributed by atoms with Gasteiger partial charge in [0.15, 0.2) is 0 Å². The highest BCUT2D eigenvalue weighted by Gasteiger charge is 2.18. The first-order chi connectivity index (χ1) is 6.56. The number of aromatic hydroxyl groups is 1. The van der Waals surface area contributed by atoms with Crippen molar-refractivity contribution in [1.82, 2.24) is 0 Å². The molecule has 0 bridgehead atoms. The van der Waals surface area contributed by atoms with Gasteiger partial charge in [0.1, 0.15) is 5.75 Å². The molecule has 0 aromatic heterocycles. The summed E-state index contributed by atoms with van der Waals surface area (Å²) >= 11 is 0.